The van der Waals surface area contributed by atoms with Gasteiger partial charge in [-0.15, -0.1) is 0 Å². The van der Waals surface area contributed by atoms with E-state index in [1.807, 2.05) is 97.9 Å². The van der Waals surface area contributed by atoms with Crippen LogP contribution >= 0.6 is 0 Å². The molecule has 2 N–H and O–H groups in total. The minimum Gasteiger partial charge on any atom is -0.346 e. The number of aromatic amines is 1. The molecule has 28 heavy (non-hydrogen) atoms. The van der Waals surface area contributed by atoms with Crippen molar-refractivity contribution in [3.8, 4) is 22.5 Å². The van der Waals surface area contributed by atoms with Gasteiger partial charge in [-0.3, -0.25) is 9.89 Å². The summed E-state index contributed by atoms with van der Waals surface area (Å²) in [7, 11) is 0. The monoisotopic (exact) mass is 367 g/mol. The third-order valence-corrected chi connectivity index (χ3v) is 4.75. The van der Waals surface area contributed by atoms with E-state index < -0.39 is 0 Å². The maximum atomic E-state index is 12.5. The molecular formula is C24H21N3O. The number of hydrogen-bond donors (Lipinski definition) is 2. The van der Waals surface area contributed by atoms with E-state index in [0.717, 1.165) is 28.1 Å². The predicted octanol–water partition coefficient (Wildman–Crippen LogP) is 5.23. The highest BCUT2D eigenvalue weighted by Gasteiger charge is 2.12. The van der Waals surface area contributed by atoms with E-state index >= 15 is 0 Å². The van der Waals surface area contributed by atoms with Crippen molar-refractivity contribution in [2.45, 2.75) is 13.0 Å². The van der Waals surface area contributed by atoms with Crippen molar-refractivity contribution in [1.29, 1.82) is 0 Å². The van der Waals surface area contributed by atoms with Gasteiger partial charge in [-0.1, -0.05) is 72.8 Å². The Bertz CT molecular complexity index is 1050. The van der Waals surface area contributed by atoms with Crippen molar-refractivity contribution in [3.63, 3.8) is 0 Å². The standard InChI is InChI=1S/C24H21N3O/c1-17(18-8-4-2-5-9-18)25-24(28)21-14-12-20(13-15-21)23-16-22(26-27-23)19-10-6-3-7-11-19/h2-17H,1H3,(H,25,28)(H,26,27). The number of hydrogen-bond acceptors (Lipinski definition) is 2. The number of H-pyrrole nitrogens is 1. The molecule has 0 spiro atoms. The van der Waals surface area contributed by atoms with E-state index in [1.165, 1.54) is 0 Å². The summed E-state index contributed by atoms with van der Waals surface area (Å²) in [6, 6.07) is 29.5. The third-order valence-electron chi connectivity index (χ3n) is 4.75. The molecule has 1 unspecified atom stereocenters. The largest absolute Gasteiger partial charge is 0.346 e. The van der Waals surface area contributed by atoms with Gasteiger partial charge in [0.1, 0.15) is 0 Å². The highest BCUT2D eigenvalue weighted by Crippen LogP contribution is 2.24. The minimum absolute atomic E-state index is 0.0468. The fraction of sp³-hybridized carbons (Fsp3) is 0.0833. The van der Waals surface area contributed by atoms with Gasteiger partial charge in [-0.05, 0) is 36.2 Å². The molecule has 1 heterocycles. The summed E-state index contributed by atoms with van der Waals surface area (Å²) >= 11 is 0. The van der Waals surface area contributed by atoms with E-state index in [2.05, 4.69) is 15.5 Å². The Morgan fingerprint density at radius 1 is 0.857 bits per heavy atom. The Kier molecular flexibility index (Phi) is 5.02. The van der Waals surface area contributed by atoms with Crippen molar-refractivity contribution in [3.05, 3.63) is 102 Å². The SMILES string of the molecule is CC(NC(=O)c1ccc(-c2cc(-c3ccccc3)n[nH]2)cc1)c1ccccc1. The molecule has 0 fully saturated rings. The van der Waals surface area contributed by atoms with Crippen molar-refractivity contribution in [2.75, 3.05) is 0 Å². The Morgan fingerprint density at radius 2 is 1.50 bits per heavy atom. The maximum Gasteiger partial charge on any atom is 0.251 e. The first kappa shape index (κ1) is 17.7. The molecule has 1 atom stereocenters. The lowest BCUT2D eigenvalue weighted by Crippen LogP contribution is -2.26. The molecule has 0 aliphatic heterocycles. The van der Waals surface area contributed by atoms with Crippen molar-refractivity contribution in [1.82, 2.24) is 15.5 Å². The van der Waals surface area contributed by atoms with Crippen LogP contribution < -0.4 is 5.32 Å². The molecule has 1 amide bonds. The molecule has 4 rings (SSSR count). The normalized spacial score (nSPS) is 11.8. The van der Waals surface area contributed by atoms with Gasteiger partial charge >= 0.3 is 0 Å². The van der Waals surface area contributed by atoms with Gasteiger partial charge in [0.05, 0.1) is 17.4 Å². The number of nitrogens with one attached hydrogen (secondary N) is 2. The first-order valence-corrected chi connectivity index (χ1v) is 9.28. The van der Waals surface area contributed by atoms with Gasteiger partial charge in [0.15, 0.2) is 0 Å². The van der Waals surface area contributed by atoms with Crippen LogP contribution in [0.15, 0.2) is 91.0 Å². The number of carbonyl (C=O) groups is 1. The van der Waals surface area contributed by atoms with Gasteiger partial charge in [0, 0.05) is 11.1 Å². The van der Waals surface area contributed by atoms with Crippen molar-refractivity contribution in [2.24, 2.45) is 0 Å². The number of carbonyl (C=O) groups excluding carboxylic acids is 1. The minimum atomic E-state index is -0.0857. The summed E-state index contributed by atoms with van der Waals surface area (Å²) in [5.74, 6) is -0.0857. The predicted molar refractivity (Wildman–Crippen MR) is 112 cm³/mol. The molecular weight excluding hydrogens is 346 g/mol. The molecule has 138 valence electrons. The Morgan fingerprint density at radius 3 is 2.18 bits per heavy atom. The lowest BCUT2D eigenvalue weighted by molar-refractivity contribution is 0.0940. The van der Waals surface area contributed by atoms with E-state index in [4.69, 9.17) is 0 Å². The second-order valence-electron chi connectivity index (χ2n) is 6.72. The van der Waals surface area contributed by atoms with Gasteiger partial charge in [-0.25, -0.2) is 0 Å². The summed E-state index contributed by atoms with van der Waals surface area (Å²) < 4.78 is 0. The summed E-state index contributed by atoms with van der Waals surface area (Å²) in [5, 5.41) is 10.5. The smallest absolute Gasteiger partial charge is 0.251 e. The van der Waals surface area contributed by atoms with Gasteiger partial charge in [0.25, 0.3) is 5.91 Å². The summed E-state index contributed by atoms with van der Waals surface area (Å²) in [5.41, 5.74) is 5.59. The average molecular weight is 367 g/mol. The van der Waals surface area contributed by atoms with Crippen LogP contribution in [0.1, 0.15) is 28.9 Å². The van der Waals surface area contributed by atoms with Gasteiger partial charge in [-0.2, -0.15) is 5.10 Å². The zero-order valence-electron chi connectivity index (χ0n) is 15.6. The van der Waals surface area contributed by atoms with E-state index in [1.54, 1.807) is 0 Å². The van der Waals surface area contributed by atoms with Gasteiger partial charge < -0.3 is 5.32 Å². The highest BCUT2D eigenvalue weighted by atomic mass is 16.1. The number of nitrogens with zero attached hydrogens (tertiary/aromatic N) is 1. The topological polar surface area (TPSA) is 57.8 Å². The molecule has 4 nitrogen and oxygen atoms in total. The summed E-state index contributed by atoms with van der Waals surface area (Å²) in [6.45, 7) is 1.98. The fourth-order valence-electron chi connectivity index (χ4n) is 3.13. The van der Waals surface area contributed by atoms with Crippen LogP contribution in [0.3, 0.4) is 0 Å². The zero-order chi connectivity index (χ0) is 19.3. The number of aromatic nitrogens is 2. The van der Waals surface area contributed by atoms with Gasteiger partial charge in [0.2, 0.25) is 0 Å². The van der Waals surface area contributed by atoms with Crippen LogP contribution in [0.25, 0.3) is 22.5 Å². The molecule has 0 bridgehead atoms. The molecule has 0 radical (unpaired) electrons. The van der Waals surface area contributed by atoms with E-state index in [9.17, 15) is 4.79 Å². The van der Waals surface area contributed by atoms with Crippen LogP contribution in [0.5, 0.6) is 0 Å². The Hall–Kier alpha value is -3.66. The van der Waals surface area contributed by atoms with Crippen LogP contribution in [0.2, 0.25) is 0 Å². The Labute approximate surface area is 164 Å². The van der Waals surface area contributed by atoms with Crippen LogP contribution in [0, 0.1) is 0 Å². The third kappa shape index (κ3) is 3.86. The average Bonchev–Trinajstić information content (AvgIpc) is 3.25. The van der Waals surface area contributed by atoms with Crippen LogP contribution in [0.4, 0.5) is 0 Å². The number of benzene rings is 3. The Balaban J connectivity index is 1.47. The lowest BCUT2D eigenvalue weighted by atomic mass is 10.1. The van der Waals surface area contributed by atoms with Crippen LogP contribution in [-0.4, -0.2) is 16.1 Å². The molecule has 1 aromatic heterocycles. The molecule has 0 aliphatic carbocycles. The summed E-state index contributed by atoms with van der Waals surface area (Å²) in [6.07, 6.45) is 0. The van der Waals surface area contributed by atoms with E-state index in [0.29, 0.717) is 5.56 Å². The molecule has 4 heteroatoms. The molecule has 0 aliphatic rings. The molecule has 4 aromatic rings. The van der Waals surface area contributed by atoms with Crippen molar-refractivity contribution >= 4 is 5.91 Å². The van der Waals surface area contributed by atoms with Crippen molar-refractivity contribution < 1.29 is 4.79 Å². The quantitative estimate of drug-likeness (QED) is 0.507. The maximum absolute atomic E-state index is 12.5. The zero-order valence-corrected chi connectivity index (χ0v) is 15.6. The second-order valence-corrected chi connectivity index (χ2v) is 6.72. The molecule has 0 saturated heterocycles. The highest BCUT2D eigenvalue weighted by molar-refractivity contribution is 5.94. The summed E-state index contributed by atoms with van der Waals surface area (Å²) in [4.78, 5) is 12.5. The first-order chi connectivity index (χ1) is 13.7. The number of amides is 1. The van der Waals surface area contributed by atoms with E-state index in [-0.39, 0.29) is 11.9 Å². The number of rotatable bonds is 5. The molecule has 3 aromatic carbocycles. The fourth-order valence-corrected chi connectivity index (χ4v) is 3.13. The molecule has 0 saturated carbocycles. The van der Waals surface area contributed by atoms with Crippen LogP contribution in [-0.2, 0) is 0 Å². The lowest BCUT2D eigenvalue weighted by Gasteiger charge is -2.14. The first-order valence-electron chi connectivity index (χ1n) is 9.28. The second kappa shape index (κ2) is 7.92.